The van der Waals surface area contributed by atoms with Crippen LogP contribution in [0.3, 0.4) is 0 Å². The Morgan fingerprint density at radius 2 is 2.04 bits per heavy atom. The normalized spacial score (nSPS) is 11.1. The molecule has 8 heteroatoms. The Labute approximate surface area is 172 Å². The minimum absolute atomic E-state index is 0.0830. The molecule has 0 saturated heterocycles. The van der Waals surface area contributed by atoms with E-state index in [2.05, 4.69) is 15.3 Å². The van der Waals surface area contributed by atoms with E-state index in [4.69, 9.17) is 23.2 Å². The van der Waals surface area contributed by atoms with Crippen LogP contribution < -0.4 is 5.32 Å². The molecular formula is C19H20Cl2N4OS. The topological polar surface area (TPSA) is 50.2 Å². The predicted octanol–water partition coefficient (Wildman–Crippen LogP) is 4.76. The molecule has 3 rings (SSSR count). The summed E-state index contributed by atoms with van der Waals surface area (Å²) in [6.07, 6.45) is 1.66. The first-order valence-electron chi connectivity index (χ1n) is 8.56. The molecule has 2 aromatic heterocycles. The second-order valence-electron chi connectivity index (χ2n) is 6.02. The fourth-order valence-corrected chi connectivity index (χ4v) is 4.00. The summed E-state index contributed by atoms with van der Waals surface area (Å²) in [6, 6.07) is 13.3. The van der Waals surface area contributed by atoms with Gasteiger partial charge in [0.05, 0.1) is 23.6 Å². The minimum Gasteiger partial charge on any atom is -0.310 e. The molecule has 0 aliphatic rings. The van der Waals surface area contributed by atoms with Gasteiger partial charge < -0.3 is 5.32 Å². The molecule has 0 aliphatic carbocycles. The molecule has 1 amide bonds. The van der Waals surface area contributed by atoms with Crippen LogP contribution in [0.1, 0.15) is 17.4 Å². The number of likely N-dealkylation sites (N-methyl/N-ethyl adjacent to an activating group) is 1. The Hall–Kier alpha value is -1.86. The maximum absolute atomic E-state index is 12.5. The highest BCUT2D eigenvalue weighted by molar-refractivity contribution is 7.16. The quantitative estimate of drug-likeness (QED) is 0.569. The average Bonchev–Trinajstić information content (AvgIpc) is 3.25. The maximum Gasteiger partial charge on any atom is 0.239 e. The summed E-state index contributed by atoms with van der Waals surface area (Å²) in [5.41, 5.74) is 0.947. The van der Waals surface area contributed by atoms with Gasteiger partial charge in [0, 0.05) is 22.5 Å². The zero-order valence-electron chi connectivity index (χ0n) is 14.9. The van der Waals surface area contributed by atoms with Gasteiger partial charge in [-0.2, -0.15) is 5.10 Å². The number of nitrogens with zero attached hydrogens (tertiary/aromatic N) is 3. The van der Waals surface area contributed by atoms with Gasteiger partial charge in [0.2, 0.25) is 5.91 Å². The number of rotatable bonds is 8. The molecule has 0 fully saturated rings. The van der Waals surface area contributed by atoms with Gasteiger partial charge in [-0.15, -0.1) is 11.3 Å². The van der Waals surface area contributed by atoms with Crippen LogP contribution in [0.25, 0.3) is 0 Å². The third-order valence-corrected chi connectivity index (χ3v) is 5.67. The molecular weight excluding hydrogens is 403 g/mol. The second-order valence-corrected chi connectivity index (χ2v) is 8.23. The van der Waals surface area contributed by atoms with Crippen molar-refractivity contribution >= 4 is 46.3 Å². The van der Waals surface area contributed by atoms with Crippen LogP contribution in [-0.4, -0.2) is 33.7 Å². The van der Waals surface area contributed by atoms with Crippen molar-refractivity contribution in [1.29, 1.82) is 0 Å². The second kappa shape index (κ2) is 9.37. The lowest BCUT2D eigenvalue weighted by Gasteiger charge is -2.19. The number of nitrogens with one attached hydrogen (secondary N) is 1. The zero-order valence-corrected chi connectivity index (χ0v) is 17.2. The monoisotopic (exact) mass is 422 g/mol. The van der Waals surface area contributed by atoms with E-state index in [1.54, 1.807) is 16.9 Å². The van der Waals surface area contributed by atoms with Crippen LogP contribution in [0.5, 0.6) is 0 Å². The third kappa shape index (κ3) is 5.56. The van der Waals surface area contributed by atoms with Crippen molar-refractivity contribution in [2.75, 3.05) is 18.4 Å². The molecule has 3 aromatic rings. The van der Waals surface area contributed by atoms with Gasteiger partial charge in [0.15, 0.2) is 0 Å². The van der Waals surface area contributed by atoms with Crippen molar-refractivity contribution in [2.45, 2.75) is 20.0 Å². The number of benzene rings is 1. The number of aromatic nitrogens is 2. The van der Waals surface area contributed by atoms with Gasteiger partial charge in [0.25, 0.3) is 0 Å². The van der Waals surface area contributed by atoms with Crippen molar-refractivity contribution < 1.29 is 4.79 Å². The molecule has 142 valence electrons. The molecule has 5 nitrogen and oxygen atoms in total. The number of halogens is 2. The SMILES string of the molecule is CCN(CC(=O)Nc1ccnn1Cc1ccccc1Cl)Cc1ccc(Cl)s1. The van der Waals surface area contributed by atoms with Crippen molar-refractivity contribution in [3.63, 3.8) is 0 Å². The fourth-order valence-electron chi connectivity index (χ4n) is 2.67. The maximum atomic E-state index is 12.5. The highest BCUT2D eigenvalue weighted by atomic mass is 35.5. The minimum atomic E-state index is -0.0830. The van der Waals surface area contributed by atoms with Crippen LogP contribution in [-0.2, 0) is 17.9 Å². The Morgan fingerprint density at radius 1 is 1.22 bits per heavy atom. The number of hydrogen-bond donors (Lipinski definition) is 1. The van der Waals surface area contributed by atoms with Gasteiger partial charge in [-0.3, -0.25) is 9.69 Å². The molecule has 1 aromatic carbocycles. The van der Waals surface area contributed by atoms with Gasteiger partial charge in [0.1, 0.15) is 5.82 Å². The summed E-state index contributed by atoms with van der Waals surface area (Å²) in [5.74, 6) is 0.565. The number of anilines is 1. The van der Waals surface area contributed by atoms with Crippen LogP contribution in [0, 0.1) is 0 Å². The summed E-state index contributed by atoms with van der Waals surface area (Å²) in [5, 5.41) is 7.91. The molecule has 2 heterocycles. The first-order valence-corrected chi connectivity index (χ1v) is 10.1. The van der Waals surface area contributed by atoms with E-state index >= 15 is 0 Å². The molecule has 1 N–H and O–H groups in total. The number of carbonyl (C=O) groups excluding carboxylic acids is 1. The summed E-state index contributed by atoms with van der Waals surface area (Å²) >= 11 is 13.7. The van der Waals surface area contributed by atoms with Crippen LogP contribution >= 0.6 is 34.5 Å². The standard InChI is InChI=1S/C19H20Cl2N4OS/c1-2-24(12-15-7-8-17(21)27-15)13-19(26)23-18-9-10-22-25(18)11-14-5-3-4-6-16(14)20/h3-10H,2,11-13H2,1H3,(H,23,26). The van der Waals surface area contributed by atoms with E-state index in [0.717, 1.165) is 21.3 Å². The van der Waals surface area contributed by atoms with Crippen molar-refractivity contribution in [2.24, 2.45) is 0 Å². The van der Waals surface area contributed by atoms with Crippen molar-refractivity contribution in [1.82, 2.24) is 14.7 Å². The number of carbonyl (C=O) groups is 1. The summed E-state index contributed by atoms with van der Waals surface area (Å²) in [6.45, 7) is 4.28. The lowest BCUT2D eigenvalue weighted by atomic mass is 10.2. The first-order chi connectivity index (χ1) is 13.0. The van der Waals surface area contributed by atoms with Gasteiger partial charge >= 0.3 is 0 Å². The first kappa shape index (κ1) is 19.9. The Morgan fingerprint density at radius 3 is 2.74 bits per heavy atom. The van der Waals surface area contributed by atoms with E-state index in [9.17, 15) is 4.79 Å². The molecule has 0 saturated carbocycles. The van der Waals surface area contributed by atoms with E-state index in [1.807, 2.05) is 43.3 Å². The fraction of sp³-hybridized carbons (Fsp3) is 0.263. The molecule has 0 atom stereocenters. The van der Waals surface area contributed by atoms with Gasteiger partial charge in [-0.1, -0.05) is 48.3 Å². The molecule has 0 radical (unpaired) electrons. The molecule has 0 spiro atoms. The number of amides is 1. The molecule has 0 aliphatic heterocycles. The summed E-state index contributed by atoms with van der Waals surface area (Å²) < 4.78 is 2.49. The number of thiophene rings is 1. The Bertz CT molecular complexity index is 909. The van der Waals surface area contributed by atoms with Crippen LogP contribution in [0.15, 0.2) is 48.7 Å². The molecule has 27 heavy (non-hydrogen) atoms. The lowest BCUT2D eigenvalue weighted by molar-refractivity contribution is -0.117. The van der Waals surface area contributed by atoms with E-state index < -0.39 is 0 Å². The van der Waals surface area contributed by atoms with E-state index in [0.29, 0.717) is 30.5 Å². The highest BCUT2D eigenvalue weighted by Crippen LogP contribution is 2.23. The van der Waals surface area contributed by atoms with Crippen molar-refractivity contribution in [3.05, 3.63) is 68.5 Å². The van der Waals surface area contributed by atoms with Gasteiger partial charge in [-0.25, -0.2) is 4.68 Å². The van der Waals surface area contributed by atoms with E-state index in [-0.39, 0.29) is 5.91 Å². The summed E-state index contributed by atoms with van der Waals surface area (Å²) in [7, 11) is 0. The van der Waals surface area contributed by atoms with Gasteiger partial charge in [-0.05, 0) is 30.3 Å². The lowest BCUT2D eigenvalue weighted by Crippen LogP contribution is -2.33. The van der Waals surface area contributed by atoms with Crippen LogP contribution in [0.2, 0.25) is 9.36 Å². The molecule has 0 bridgehead atoms. The average molecular weight is 423 g/mol. The highest BCUT2D eigenvalue weighted by Gasteiger charge is 2.13. The van der Waals surface area contributed by atoms with Crippen molar-refractivity contribution in [3.8, 4) is 0 Å². The Kier molecular flexibility index (Phi) is 6.90. The Balaban J connectivity index is 1.61. The largest absolute Gasteiger partial charge is 0.310 e. The zero-order chi connectivity index (χ0) is 19.2. The smallest absolute Gasteiger partial charge is 0.239 e. The predicted molar refractivity (Wildman–Crippen MR) is 112 cm³/mol. The summed E-state index contributed by atoms with van der Waals surface area (Å²) in [4.78, 5) is 15.7. The molecule has 0 unspecified atom stereocenters. The van der Waals surface area contributed by atoms with Crippen LogP contribution in [0.4, 0.5) is 5.82 Å². The van der Waals surface area contributed by atoms with E-state index in [1.165, 1.54) is 11.3 Å². The third-order valence-electron chi connectivity index (χ3n) is 4.08. The number of hydrogen-bond acceptors (Lipinski definition) is 4.